The Morgan fingerprint density at radius 3 is 2.59 bits per heavy atom. The van der Waals surface area contributed by atoms with Crippen molar-refractivity contribution in [2.75, 3.05) is 33.5 Å². The standard InChI is InChI=1S/C17H28BrNO3/c1-4-6-9-21-10-7-8-19-13-14-11-15(18)12-16(20-3)17(14)22-5-2/h11-12,19H,4-10,13H2,1-3H3. The van der Waals surface area contributed by atoms with E-state index in [2.05, 4.69) is 34.2 Å². The molecule has 0 aromatic heterocycles. The average molecular weight is 374 g/mol. The molecule has 4 nitrogen and oxygen atoms in total. The van der Waals surface area contributed by atoms with Gasteiger partial charge in [-0.15, -0.1) is 0 Å². The van der Waals surface area contributed by atoms with Crippen molar-refractivity contribution in [2.45, 2.75) is 39.7 Å². The summed E-state index contributed by atoms with van der Waals surface area (Å²) in [6.07, 6.45) is 3.34. The summed E-state index contributed by atoms with van der Waals surface area (Å²) in [6, 6.07) is 3.99. The molecule has 1 rings (SSSR count). The van der Waals surface area contributed by atoms with Gasteiger partial charge in [0.1, 0.15) is 0 Å². The minimum atomic E-state index is 0.621. The number of ether oxygens (including phenoxy) is 3. The third-order valence-electron chi connectivity index (χ3n) is 3.21. The molecule has 0 saturated heterocycles. The van der Waals surface area contributed by atoms with E-state index in [-0.39, 0.29) is 0 Å². The van der Waals surface area contributed by atoms with Crippen molar-refractivity contribution in [3.05, 3.63) is 22.2 Å². The zero-order valence-electron chi connectivity index (χ0n) is 13.9. The predicted octanol–water partition coefficient (Wildman–Crippen LogP) is 4.15. The van der Waals surface area contributed by atoms with Crippen LogP contribution in [0.4, 0.5) is 0 Å². The number of unbranched alkanes of at least 4 members (excludes halogenated alkanes) is 1. The third-order valence-corrected chi connectivity index (χ3v) is 3.66. The molecule has 1 aromatic carbocycles. The molecule has 0 saturated carbocycles. The molecule has 0 heterocycles. The van der Waals surface area contributed by atoms with Crippen LogP contribution in [0.1, 0.15) is 38.7 Å². The number of rotatable bonds is 12. The van der Waals surface area contributed by atoms with E-state index in [1.165, 1.54) is 6.42 Å². The van der Waals surface area contributed by atoms with Crippen molar-refractivity contribution in [1.82, 2.24) is 5.32 Å². The second-order valence-corrected chi connectivity index (χ2v) is 5.94. The Morgan fingerprint density at radius 1 is 1.14 bits per heavy atom. The summed E-state index contributed by atoms with van der Waals surface area (Å²) in [6.45, 7) is 8.13. The Morgan fingerprint density at radius 2 is 1.91 bits per heavy atom. The molecule has 0 radical (unpaired) electrons. The van der Waals surface area contributed by atoms with E-state index < -0.39 is 0 Å². The minimum Gasteiger partial charge on any atom is -0.493 e. The fraction of sp³-hybridized carbons (Fsp3) is 0.647. The molecule has 5 heteroatoms. The van der Waals surface area contributed by atoms with Crippen molar-refractivity contribution in [3.8, 4) is 11.5 Å². The van der Waals surface area contributed by atoms with E-state index >= 15 is 0 Å². The van der Waals surface area contributed by atoms with Gasteiger partial charge in [0, 0.05) is 29.8 Å². The van der Waals surface area contributed by atoms with Crippen LogP contribution in [0.3, 0.4) is 0 Å². The second-order valence-electron chi connectivity index (χ2n) is 5.03. The lowest BCUT2D eigenvalue weighted by Crippen LogP contribution is -2.17. The highest BCUT2D eigenvalue weighted by atomic mass is 79.9. The second kappa shape index (κ2) is 11.7. The van der Waals surface area contributed by atoms with Gasteiger partial charge in [-0.05, 0) is 38.4 Å². The van der Waals surface area contributed by atoms with E-state index in [0.717, 1.165) is 60.7 Å². The van der Waals surface area contributed by atoms with Crippen LogP contribution in [-0.2, 0) is 11.3 Å². The molecule has 0 aliphatic carbocycles. The van der Waals surface area contributed by atoms with E-state index in [1.807, 2.05) is 13.0 Å². The molecule has 1 aromatic rings. The van der Waals surface area contributed by atoms with Gasteiger partial charge in [-0.2, -0.15) is 0 Å². The van der Waals surface area contributed by atoms with Crippen LogP contribution < -0.4 is 14.8 Å². The van der Waals surface area contributed by atoms with Gasteiger partial charge >= 0.3 is 0 Å². The summed E-state index contributed by atoms with van der Waals surface area (Å²) in [5.74, 6) is 1.58. The first kappa shape index (κ1) is 19.3. The summed E-state index contributed by atoms with van der Waals surface area (Å²) in [7, 11) is 1.66. The molecule has 0 spiro atoms. The lowest BCUT2D eigenvalue weighted by atomic mass is 10.2. The van der Waals surface area contributed by atoms with Crippen molar-refractivity contribution >= 4 is 15.9 Å². The maximum absolute atomic E-state index is 5.73. The third kappa shape index (κ3) is 6.99. The van der Waals surface area contributed by atoms with E-state index in [4.69, 9.17) is 14.2 Å². The van der Waals surface area contributed by atoms with Crippen LogP contribution in [0.15, 0.2) is 16.6 Å². The number of halogens is 1. The van der Waals surface area contributed by atoms with Gasteiger partial charge in [0.05, 0.1) is 13.7 Å². The van der Waals surface area contributed by atoms with Gasteiger partial charge in [0.15, 0.2) is 11.5 Å². The molecule has 0 aliphatic rings. The van der Waals surface area contributed by atoms with Gasteiger partial charge in [0.25, 0.3) is 0 Å². The Labute approximate surface area is 142 Å². The predicted molar refractivity (Wildman–Crippen MR) is 93.9 cm³/mol. The van der Waals surface area contributed by atoms with Gasteiger partial charge in [-0.25, -0.2) is 0 Å². The molecular weight excluding hydrogens is 346 g/mol. The monoisotopic (exact) mass is 373 g/mol. The Bertz CT molecular complexity index is 427. The van der Waals surface area contributed by atoms with Gasteiger partial charge in [-0.3, -0.25) is 0 Å². The largest absolute Gasteiger partial charge is 0.493 e. The van der Waals surface area contributed by atoms with Crippen molar-refractivity contribution in [2.24, 2.45) is 0 Å². The number of methoxy groups -OCH3 is 1. The van der Waals surface area contributed by atoms with E-state index in [1.54, 1.807) is 7.11 Å². The quantitative estimate of drug-likeness (QED) is 0.558. The zero-order chi connectivity index (χ0) is 16.2. The maximum atomic E-state index is 5.73. The molecular formula is C17H28BrNO3. The summed E-state index contributed by atoms with van der Waals surface area (Å²) in [5, 5.41) is 3.43. The fourth-order valence-corrected chi connectivity index (χ4v) is 2.57. The van der Waals surface area contributed by atoms with E-state index in [9.17, 15) is 0 Å². The fourth-order valence-electron chi connectivity index (χ4n) is 2.08. The van der Waals surface area contributed by atoms with Gasteiger partial charge in [-0.1, -0.05) is 29.3 Å². The number of nitrogens with one attached hydrogen (secondary N) is 1. The van der Waals surface area contributed by atoms with Gasteiger partial charge in [0.2, 0.25) is 0 Å². The van der Waals surface area contributed by atoms with Crippen LogP contribution in [0.5, 0.6) is 11.5 Å². The molecule has 0 fully saturated rings. The molecule has 126 valence electrons. The first-order valence-corrected chi connectivity index (χ1v) is 8.79. The molecule has 1 N–H and O–H groups in total. The van der Waals surface area contributed by atoms with Crippen LogP contribution >= 0.6 is 15.9 Å². The normalized spacial score (nSPS) is 10.7. The van der Waals surface area contributed by atoms with Crippen LogP contribution in [0.25, 0.3) is 0 Å². The summed E-state index contributed by atoms with van der Waals surface area (Å²) < 4.78 is 17.7. The maximum Gasteiger partial charge on any atom is 0.165 e. The highest BCUT2D eigenvalue weighted by Crippen LogP contribution is 2.34. The summed E-state index contributed by atoms with van der Waals surface area (Å²) >= 11 is 3.51. The first-order chi connectivity index (χ1) is 10.7. The summed E-state index contributed by atoms with van der Waals surface area (Å²) in [4.78, 5) is 0. The molecule has 0 unspecified atom stereocenters. The zero-order valence-corrected chi connectivity index (χ0v) is 15.5. The highest BCUT2D eigenvalue weighted by molar-refractivity contribution is 9.10. The topological polar surface area (TPSA) is 39.7 Å². The number of hydrogen-bond donors (Lipinski definition) is 1. The average Bonchev–Trinajstić information content (AvgIpc) is 2.52. The molecule has 0 amide bonds. The molecule has 0 aliphatic heterocycles. The molecule has 0 bridgehead atoms. The minimum absolute atomic E-state index is 0.621. The smallest absolute Gasteiger partial charge is 0.165 e. The lowest BCUT2D eigenvalue weighted by molar-refractivity contribution is 0.128. The van der Waals surface area contributed by atoms with Crippen LogP contribution in [0.2, 0.25) is 0 Å². The van der Waals surface area contributed by atoms with Crippen molar-refractivity contribution < 1.29 is 14.2 Å². The van der Waals surface area contributed by atoms with Crippen molar-refractivity contribution in [3.63, 3.8) is 0 Å². The Hall–Kier alpha value is -0.780. The highest BCUT2D eigenvalue weighted by Gasteiger charge is 2.12. The Kier molecular flexibility index (Phi) is 10.3. The first-order valence-electron chi connectivity index (χ1n) is 8.00. The van der Waals surface area contributed by atoms with Crippen LogP contribution in [0, 0.1) is 0 Å². The lowest BCUT2D eigenvalue weighted by Gasteiger charge is -2.15. The van der Waals surface area contributed by atoms with E-state index in [0.29, 0.717) is 6.61 Å². The SMILES string of the molecule is CCCCOCCCNCc1cc(Br)cc(OC)c1OCC. The van der Waals surface area contributed by atoms with Crippen molar-refractivity contribution in [1.29, 1.82) is 0 Å². The number of hydrogen-bond acceptors (Lipinski definition) is 4. The Balaban J connectivity index is 2.42. The molecule has 0 atom stereocenters. The van der Waals surface area contributed by atoms with Gasteiger partial charge < -0.3 is 19.5 Å². The summed E-state index contributed by atoms with van der Waals surface area (Å²) in [5.41, 5.74) is 1.10. The molecule has 22 heavy (non-hydrogen) atoms. The van der Waals surface area contributed by atoms with Crippen LogP contribution in [-0.4, -0.2) is 33.5 Å². The number of benzene rings is 1.